The van der Waals surface area contributed by atoms with Crippen molar-refractivity contribution in [1.29, 1.82) is 0 Å². The Bertz CT molecular complexity index is 771. The molecule has 0 fully saturated rings. The van der Waals surface area contributed by atoms with Gasteiger partial charge >= 0.3 is 6.18 Å². The number of nitrogens with one attached hydrogen (secondary N) is 2. The number of unbranched alkanes of at least 4 members (excludes halogenated alkanes) is 1. The van der Waals surface area contributed by atoms with Crippen LogP contribution in [0.1, 0.15) is 42.1 Å². The SMILES string of the molecule is CCCCC(=O)Nc1ccc(C(=O)Nc2cccc(C(F)(F)F)c2)cc1. The monoisotopic (exact) mass is 364 g/mol. The maximum atomic E-state index is 12.7. The molecule has 0 radical (unpaired) electrons. The minimum atomic E-state index is -4.47. The van der Waals surface area contributed by atoms with E-state index < -0.39 is 17.6 Å². The number of rotatable bonds is 6. The van der Waals surface area contributed by atoms with Crippen molar-refractivity contribution in [2.24, 2.45) is 0 Å². The van der Waals surface area contributed by atoms with Crippen LogP contribution in [-0.4, -0.2) is 11.8 Å². The molecule has 0 heterocycles. The third kappa shape index (κ3) is 5.61. The van der Waals surface area contributed by atoms with E-state index in [0.717, 1.165) is 25.0 Å². The van der Waals surface area contributed by atoms with Crippen LogP contribution in [0.25, 0.3) is 0 Å². The number of benzene rings is 2. The van der Waals surface area contributed by atoms with E-state index in [2.05, 4.69) is 10.6 Å². The first-order valence-electron chi connectivity index (χ1n) is 8.18. The van der Waals surface area contributed by atoms with Gasteiger partial charge in [0.2, 0.25) is 5.91 Å². The van der Waals surface area contributed by atoms with Gasteiger partial charge < -0.3 is 10.6 Å². The van der Waals surface area contributed by atoms with Crippen molar-refractivity contribution in [2.45, 2.75) is 32.4 Å². The number of halogens is 3. The Morgan fingerprint density at radius 1 is 0.962 bits per heavy atom. The molecule has 4 nitrogen and oxygen atoms in total. The summed E-state index contributed by atoms with van der Waals surface area (Å²) >= 11 is 0. The van der Waals surface area contributed by atoms with Crippen molar-refractivity contribution in [2.75, 3.05) is 10.6 Å². The van der Waals surface area contributed by atoms with Crippen LogP contribution in [0.2, 0.25) is 0 Å². The first-order chi connectivity index (χ1) is 12.3. The average Bonchev–Trinajstić information content (AvgIpc) is 2.60. The van der Waals surface area contributed by atoms with Gasteiger partial charge in [0.05, 0.1) is 5.56 Å². The van der Waals surface area contributed by atoms with Crippen LogP contribution in [0.15, 0.2) is 48.5 Å². The summed E-state index contributed by atoms with van der Waals surface area (Å²) in [6, 6.07) is 10.6. The third-order valence-electron chi connectivity index (χ3n) is 3.64. The summed E-state index contributed by atoms with van der Waals surface area (Å²) in [4.78, 5) is 23.8. The van der Waals surface area contributed by atoms with Gasteiger partial charge in [-0.05, 0) is 48.9 Å². The smallest absolute Gasteiger partial charge is 0.326 e. The van der Waals surface area contributed by atoms with Crippen LogP contribution in [0.4, 0.5) is 24.5 Å². The number of amides is 2. The van der Waals surface area contributed by atoms with E-state index in [1.807, 2.05) is 6.92 Å². The normalized spacial score (nSPS) is 11.1. The second kappa shape index (κ2) is 8.51. The Kier molecular flexibility index (Phi) is 6.38. The molecule has 0 aliphatic carbocycles. The molecular weight excluding hydrogens is 345 g/mol. The lowest BCUT2D eigenvalue weighted by Gasteiger charge is -2.10. The van der Waals surface area contributed by atoms with E-state index in [1.54, 1.807) is 12.1 Å². The van der Waals surface area contributed by atoms with Gasteiger partial charge in [-0.25, -0.2) is 0 Å². The van der Waals surface area contributed by atoms with E-state index in [-0.39, 0.29) is 17.2 Å². The quantitative estimate of drug-likeness (QED) is 0.750. The molecule has 0 saturated heterocycles. The lowest BCUT2D eigenvalue weighted by Crippen LogP contribution is -2.14. The molecule has 2 amide bonds. The molecule has 0 aliphatic rings. The second-order valence-corrected chi connectivity index (χ2v) is 5.76. The Morgan fingerprint density at radius 3 is 2.27 bits per heavy atom. The third-order valence-corrected chi connectivity index (χ3v) is 3.64. The molecule has 0 unspecified atom stereocenters. The fraction of sp³-hybridized carbons (Fsp3) is 0.263. The Morgan fingerprint density at radius 2 is 1.65 bits per heavy atom. The van der Waals surface area contributed by atoms with Gasteiger partial charge in [-0.15, -0.1) is 0 Å². The fourth-order valence-corrected chi connectivity index (χ4v) is 2.24. The van der Waals surface area contributed by atoms with E-state index >= 15 is 0 Å². The minimum absolute atomic E-state index is 0.0572. The van der Waals surface area contributed by atoms with E-state index in [4.69, 9.17) is 0 Å². The Hall–Kier alpha value is -2.83. The second-order valence-electron chi connectivity index (χ2n) is 5.76. The first-order valence-corrected chi connectivity index (χ1v) is 8.18. The van der Waals surface area contributed by atoms with Gasteiger partial charge in [0.25, 0.3) is 5.91 Å². The van der Waals surface area contributed by atoms with E-state index in [1.165, 1.54) is 24.3 Å². The number of hydrogen-bond acceptors (Lipinski definition) is 2. The molecule has 0 aliphatic heterocycles. The summed E-state index contributed by atoms with van der Waals surface area (Å²) < 4.78 is 38.1. The van der Waals surface area contributed by atoms with Crippen LogP contribution in [-0.2, 0) is 11.0 Å². The minimum Gasteiger partial charge on any atom is -0.326 e. The van der Waals surface area contributed by atoms with Crippen LogP contribution in [0.3, 0.4) is 0 Å². The molecule has 0 aromatic heterocycles. The van der Waals surface area contributed by atoms with Crippen LogP contribution < -0.4 is 10.6 Å². The maximum Gasteiger partial charge on any atom is 0.416 e. The summed E-state index contributed by atoms with van der Waals surface area (Å²) in [5.41, 5.74) is 0.0536. The summed E-state index contributed by atoms with van der Waals surface area (Å²) in [5.74, 6) is -0.638. The highest BCUT2D eigenvalue weighted by Gasteiger charge is 2.30. The van der Waals surface area contributed by atoms with Crippen LogP contribution in [0.5, 0.6) is 0 Å². The molecule has 0 saturated carbocycles. The predicted molar refractivity (Wildman–Crippen MR) is 94.0 cm³/mol. The first kappa shape index (κ1) is 19.5. The summed E-state index contributed by atoms with van der Waals surface area (Å²) in [6.07, 6.45) is -2.34. The van der Waals surface area contributed by atoms with Crippen LogP contribution in [0, 0.1) is 0 Å². The molecule has 2 N–H and O–H groups in total. The summed E-state index contributed by atoms with van der Waals surface area (Å²) in [5, 5.41) is 5.15. The Labute approximate surface area is 149 Å². The van der Waals surface area contributed by atoms with Crippen molar-refractivity contribution in [3.63, 3.8) is 0 Å². The lowest BCUT2D eigenvalue weighted by atomic mass is 10.1. The van der Waals surface area contributed by atoms with Crippen molar-refractivity contribution in [1.82, 2.24) is 0 Å². The molecule has 26 heavy (non-hydrogen) atoms. The molecular formula is C19H19F3N2O2. The largest absolute Gasteiger partial charge is 0.416 e. The maximum absolute atomic E-state index is 12.7. The molecule has 7 heteroatoms. The molecule has 0 bridgehead atoms. The number of anilines is 2. The molecule has 0 spiro atoms. The highest BCUT2D eigenvalue weighted by Crippen LogP contribution is 2.30. The zero-order valence-corrected chi connectivity index (χ0v) is 14.2. The standard InChI is InChI=1S/C19H19F3N2O2/c1-2-3-7-17(25)23-15-10-8-13(9-11-15)18(26)24-16-6-4-5-14(12-16)19(20,21)22/h4-6,8-12H,2-3,7H2,1H3,(H,23,25)(H,24,26). The molecule has 2 rings (SSSR count). The fourth-order valence-electron chi connectivity index (χ4n) is 2.24. The van der Waals surface area contributed by atoms with Gasteiger partial charge in [0, 0.05) is 23.4 Å². The van der Waals surface area contributed by atoms with Crippen molar-refractivity contribution >= 4 is 23.2 Å². The number of hydrogen-bond donors (Lipinski definition) is 2. The van der Waals surface area contributed by atoms with E-state index in [9.17, 15) is 22.8 Å². The van der Waals surface area contributed by atoms with Gasteiger partial charge in [0.15, 0.2) is 0 Å². The van der Waals surface area contributed by atoms with Crippen molar-refractivity contribution in [3.8, 4) is 0 Å². The molecule has 2 aromatic carbocycles. The summed E-state index contributed by atoms with van der Waals surface area (Å²) in [6.45, 7) is 1.99. The highest BCUT2D eigenvalue weighted by molar-refractivity contribution is 6.04. The average molecular weight is 364 g/mol. The lowest BCUT2D eigenvalue weighted by molar-refractivity contribution is -0.137. The summed E-state index contributed by atoms with van der Waals surface area (Å²) in [7, 11) is 0. The van der Waals surface area contributed by atoms with Gasteiger partial charge in [0.1, 0.15) is 0 Å². The van der Waals surface area contributed by atoms with Crippen molar-refractivity contribution in [3.05, 3.63) is 59.7 Å². The predicted octanol–water partition coefficient (Wildman–Crippen LogP) is 5.09. The zero-order chi connectivity index (χ0) is 19.2. The van der Waals surface area contributed by atoms with Crippen molar-refractivity contribution < 1.29 is 22.8 Å². The number of alkyl halides is 3. The van der Waals surface area contributed by atoms with Gasteiger partial charge in [-0.1, -0.05) is 19.4 Å². The number of carbonyl (C=O) groups is 2. The molecule has 2 aromatic rings. The highest BCUT2D eigenvalue weighted by atomic mass is 19.4. The van der Waals surface area contributed by atoms with E-state index in [0.29, 0.717) is 12.1 Å². The molecule has 0 atom stereocenters. The Balaban J connectivity index is 2.01. The van der Waals surface area contributed by atoms with Gasteiger partial charge in [-0.2, -0.15) is 13.2 Å². The molecule has 138 valence electrons. The zero-order valence-electron chi connectivity index (χ0n) is 14.2. The van der Waals surface area contributed by atoms with Gasteiger partial charge in [-0.3, -0.25) is 9.59 Å². The number of carbonyl (C=O) groups excluding carboxylic acids is 2. The topological polar surface area (TPSA) is 58.2 Å². The van der Waals surface area contributed by atoms with Crippen LogP contribution >= 0.6 is 0 Å².